The molecule has 0 saturated carbocycles. The highest BCUT2D eigenvalue weighted by Crippen LogP contribution is 2.19. The van der Waals surface area contributed by atoms with Crippen molar-refractivity contribution in [3.63, 3.8) is 0 Å². The van der Waals surface area contributed by atoms with Crippen LogP contribution in [0.5, 0.6) is 0 Å². The average molecular weight is 252 g/mol. The van der Waals surface area contributed by atoms with Gasteiger partial charge in [0.1, 0.15) is 10.9 Å². The first-order valence-corrected chi connectivity index (χ1v) is 6.27. The van der Waals surface area contributed by atoms with E-state index in [1.54, 1.807) is 0 Å². The van der Waals surface area contributed by atoms with E-state index in [2.05, 4.69) is 21.0 Å². The average Bonchev–Trinajstić information content (AvgIpc) is 2.73. The second-order valence-electron chi connectivity index (χ2n) is 4.47. The van der Waals surface area contributed by atoms with Crippen LogP contribution in [0.15, 0.2) is 0 Å². The molecule has 1 rings (SSSR count). The maximum absolute atomic E-state index is 12.0. The summed E-state index contributed by atoms with van der Waals surface area (Å²) >= 11 is 1.07. The van der Waals surface area contributed by atoms with Crippen molar-refractivity contribution in [3.8, 4) is 6.07 Å². The monoisotopic (exact) mass is 252 g/mol. The molecule has 0 aliphatic rings. The second-order valence-corrected chi connectivity index (χ2v) is 5.22. The summed E-state index contributed by atoms with van der Waals surface area (Å²) < 4.78 is 3.79. The van der Waals surface area contributed by atoms with E-state index >= 15 is 0 Å². The zero-order valence-electron chi connectivity index (χ0n) is 10.4. The molecule has 1 heterocycles. The molecule has 1 aromatic heterocycles. The number of rotatable bonds is 4. The predicted molar refractivity (Wildman–Crippen MR) is 65.7 cm³/mol. The molecule has 5 nitrogen and oxygen atoms in total. The number of nitriles is 1. The summed E-state index contributed by atoms with van der Waals surface area (Å²) in [6, 6.07) is 1.59. The third-order valence-electron chi connectivity index (χ3n) is 2.36. The molecule has 1 amide bonds. The van der Waals surface area contributed by atoms with Crippen LogP contribution in [-0.2, 0) is 0 Å². The smallest absolute Gasteiger partial charge is 0.266 e. The Bertz CT molecular complexity index is 433. The van der Waals surface area contributed by atoms with E-state index < -0.39 is 6.04 Å². The van der Waals surface area contributed by atoms with Crippen LogP contribution >= 0.6 is 11.5 Å². The van der Waals surface area contributed by atoms with Crippen molar-refractivity contribution < 1.29 is 4.79 Å². The summed E-state index contributed by atoms with van der Waals surface area (Å²) in [5.74, 6) is -0.0367. The summed E-state index contributed by atoms with van der Waals surface area (Å²) in [4.78, 5) is 12.5. The summed E-state index contributed by atoms with van der Waals surface area (Å²) in [7, 11) is 0. The van der Waals surface area contributed by atoms with Gasteiger partial charge in [0, 0.05) is 0 Å². The third-order valence-corrected chi connectivity index (χ3v) is 3.10. The molecule has 0 spiro atoms. The van der Waals surface area contributed by atoms with Gasteiger partial charge >= 0.3 is 0 Å². The Morgan fingerprint density at radius 1 is 1.41 bits per heavy atom. The predicted octanol–water partition coefficient (Wildman–Crippen LogP) is 1.94. The van der Waals surface area contributed by atoms with Gasteiger partial charge in [0.2, 0.25) is 0 Å². The topological polar surface area (TPSA) is 78.7 Å². The lowest BCUT2D eigenvalue weighted by Gasteiger charge is -2.14. The Kier molecular flexibility index (Phi) is 4.58. The Morgan fingerprint density at radius 2 is 2.06 bits per heavy atom. The third kappa shape index (κ3) is 3.24. The van der Waals surface area contributed by atoms with Gasteiger partial charge in [-0.2, -0.15) is 5.26 Å². The molecule has 0 aliphatic heterocycles. The van der Waals surface area contributed by atoms with E-state index in [1.807, 2.05) is 27.7 Å². The number of nitrogens with zero attached hydrogens (tertiary/aromatic N) is 3. The van der Waals surface area contributed by atoms with Crippen LogP contribution in [0.1, 0.15) is 49.0 Å². The minimum atomic E-state index is -0.482. The number of aromatic nitrogens is 2. The van der Waals surface area contributed by atoms with Gasteiger partial charge in [0.25, 0.3) is 5.91 Å². The largest absolute Gasteiger partial charge is 0.335 e. The lowest BCUT2D eigenvalue weighted by atomic mass is 10.1. The van der Waals surface area contributed by atoms with Crippen molar-refractivity contribution in [2.75, 3.05) is 0 Å². The van der Waals surface area contributed by atoms with Crippen LogP contribution in [0.3, 0.4) is 0 Å². The van der Waals surface area contributed by atoms with Gasteiger partial charge in [-0.3, -0.25) is 4.79 Å². The van der Waals surface area contributed by atoms with E-state index in [0.717, 1.165) is 11.5 Å². The molecule has 0 aliphatic carbocycles. The first-order chi connectivity index (χ1) is 7.97. The molecule has 6 heteroatoms. The quantitative estimate of drug-likeness (QED) is 0.888. The molecule has 1 aromatic rings. The van der Waals surface area contributed by atoms with Gasteiger partial charge < -0.3 is 5.32 Å². The highest BCUT2D eigenvalue weighted by molar-refractivity contribution is 7.08. The summed E-state index contributed by atoms with van der Waals surface area (Å²) in [5.41, 5.74) is 0.688. The standard InChI is InChI=1S/C11H16N4OS/c1-6(2)8(5-12)13-11(16)10-9(7(3)4)14-15-17-10/h6-8H,1-4H3,(H,13,16). The van der Waals surface area contributed by atoms with Crippen LogP contribution in [0, 0.1) is 17.2 Å². The van der Waals surface area contributed by atoms with Crippen LogP contribution in [-0.4, -0.2) is 21.5 Å². The number of nitrogens with one attached hydrogen (secondary N) is 1. The first-order valence-electron chi connectivity index (χ1n) is 5.50. The fourth-order valence-electron chi connectivity index (χ4n) is 1.29. The molecule has 1 atom stereocenters. The highest BCUT2D eigenvalue weighted by Gasteiger charge is 2.22. The van der Waals surface area contributed by atoms with Crippen molar-refractivity contribution >= 4 is 17.4 Å². The molecular formula is C11H16N4OS. The highest BCUT2D eigenvalue weighted by atomic mass is 32.1. The van der Waals surface area contributed by atoms with Gasteiger partial charge in [-0.05, 0) is 23.4 Å². The Morgan fingerprint density at radius 3 is 2.53 bits per heavy atom. The number of hydrogen-bond donors (Lipinski definition) is 1. The van der Waals surface area contributed by atoms with Crippen LogP contribution in [0.2, 0.25) is 0 Å². The maximum atomic E-state index is 12.0. The van der Waals surface area contributed by atoms with Gasteiger partial charge in [0.05, 0.1) is 11.8 Å². The second kappa shape index (κ2) is 5.73. The number of amides is 1. The maximum Gasteiger partial charge on any atom is 0.266 e. The van der Waals surface area contributed by atoms with Crippen molar-refractivity contribution in [2.45, 2.75) is 39.7 Å². The van der Waals surface area contributed by atoms with Gasteiger partial charge in [-0.1, -0.05) is 32.2 Å². The van der Waals surface area contributed by atoms with Crippen molar-refractivity contribution in [2.24, 2.45) is 5.92 Å². The van der Waals surface area contributed by atoms with Crippen molar-refractivity contribution in [1.82, 2.24) is 14.9 Å². The van der Waals surface area contributed by atoms with Crippen molar-refractivity contribution in [1.29, 1.82) is 5.26 Å². The molecule has 1 N–H and O–H groups in total. The molecular weight excluding hydrogens is 236 g/mol. The zero-order valence-corrected chi connectivity index (χ0v) is 11.2. The molecule has 1 unspecified atom stereocenters. The van der Waals surface area contributed by atoms with E-state index in [9.17, 15) is 4.79 Å². The summed E-state index contributed by atoms with van der Waals surface area (Å²) in [5, 5.41) is 15.6. The van der Waals surface area contributed by atoms with E-state index in [4.69, 9.17) is 5.26 Å². The van der Waals surface area contributed by atoms with E-state index in [-0.39, 0.29) is 17.7 Å². The van der Waals surface area contributed by atoms with Crippen LogP contribution < -0.4 is 5.32 Å². The Hall–Kier alpha value is -1.48. The minimum absolute atomic E-state index is 0.0762. The Labute approximate surface area is 105 Å². The molecule has 0 bridgehead atoms. The SMILES string of the molecule is CC(C)c1nnsc1C(=O)NC(C#N)C(C)C. The fourth-order valence-corrected chi connectivity index (χ4v) is 2.01. The molecule has 0 fully saturated rings. The molecule has 92 valence electrons. The number of carbonyl (C=O) groups is 1. The molecule has 0 aromatic carbocycles. The molecule has 0 radical (unpaired) electrons. The summed E-state index contributed by atoms with van der Waals surface area (Å²) in [6.45, 7) is 7.69. The normalized spacial score (nSPS) is 12.5. The number of hydrogen-bond acceptors (Lipinski definition) is 5. The number of carbonyl (C=O) groups excluding carboxylic acids is 1. The molecule has 17 heavy (non-hydrogen) atoms. The zero-order chi connectivity index (χ0) is 13.0. The lowest BCUT2D eigenvalue weighted by molar-refractivity contribution is 0.0940. The van der Waals surface area contributed by atoms with Crippen LogP contribution in [0.4, 0.5) is 0 Å². The Balaban J connectivity index is 2.84. The van der Waals surface area contributed by atoms with Gasteiger partial charge in [-0.15, -0.1) is 5.10 Å². The molecule has 0 saturated heterocycles. The minimum Gasteiger partial charge on any atom is -0.335 e. The van der Waals surface area contributed by atoms with Gasteiger partial charge in [0.15, 0.2) is 0 Å². The lowest BCUT2D eigenvalue weighted by Crippen LogP contribution is -2.37. The van der Waals surface area contributed by atoms with Gasteiger partial charge in [-0.25, -0.2) is 0 Å². The van der Waals surface area contributed by atoms with E-state index in [0.29, 0.717) is 10.6 Å². The first kappa shape index (κ1) is 13.6. The van der Waals surface area contributed by atoms with E-state index in [1.165, 1.54) is 0 Å². The van der Waals surface area contributed by atoms with Crippen molar-refractivity contribution in [3.05, 3.63) is 10.6 Å². The fraction of sp³-hybridized carbons (Fsp3) is 0.636. The summed E-state index contributed by atoms with van der Waals surface area (Å²) in [6.07, 6.45) is 0. The van der Waals surface area contributed by atoms with Crippen LogP contribution in [0.25, 0.3) is 0 Å².